The Morgan fingerprint density at radius 1 is 0.765 bits per heavy atom. The van der Waals surface area contributed by atoms with Gasteiger partial charge in [0.05, 0.1) is 23.0 Å². The molecule has 2 aliphatic heterocycles. The van der Waals surface area contributed by atoms with Crippen molar-refractivity contribution < 1.29 is 16.8 Å². The molecular formula is C11H22O4S2. The van der Waals surface area contributed by atoms with Crippen molar-refractivity contribution in [3.63, 3.8) is 0 Å². The highest BCUT2D eigenvalue weighted by Gasteiger charge is 2.30. The predicted molar refractivity (Wildman–Crippen MR) is 69.4 cm³/mol. The summed E-state index contributed by atoms with van der Waals surface area (Å²) in [4.78, 5) is 0. The Morgan fingerprint density at radius 3 is 1.35 bits per heavy atom. The lowest BCUT2D eigenvalue weighted by molar-refractivity contribution is 0.494. The van der Waals surface area contributed by atoms with Crippen LogP contribution in [-0.2, 0) is 19.7 Å². The van der Waals surface area contributed by atoms with Crippen LogP contribution in [0.25, 0.3) is 0 Å². The summed E-state index contributed by atoms with van der Waals surface area (Å²) in [5.74, 6) is 2.76. The van der Waals surface area contributed by atoms with Crippen LogP contribution in [0.1, 0.15) is 27.2 Å². The average molecular weight is 282 g/mol. The molecule has 0 radical (unpaired) electrons. The Hall–Kier alpha value is -0.100. The summed E-state index contributed by atoms with van der Waals surface area (Å²) in [5.41, 5.74) is 0. The maximum absolute atomic E-state index is 10.9. The van der Waals surface area contributed by atoms with Gasteiger partial charge in [0.15, 0.2) is 19.7 Å². The van der Waals surface area contributed by atoms with Crippen LogP contribution in [0.4, 0.5) is 0 Å². The zero-order chi connectivity index (χ0) is 13.3. The van der Waals surface area contributed by atoms with Crippen molar-refractivity contribution in [2.75, 3.05) is 23.0 Å². The van der Waals surface area contributed by atoms with E-state index in [1.54, 1.807) is 0 Å². The fourth-order valence-corrected chi connectivity index (χ4v) is 6.54. The molecule has 0 aromatic carbocycles. The summed E-state index contributed by atoms with van der Waals surface area (Å²) >= 11 is 0. The molecule has 17 heavy (non-hydrogen) atoms. The van der Waals surface area contributed by atoms with Crippen molar-refractivity contribution in [3.05, 3.63) is 0 Å². The fraction of sp³-hybridized carbons (Fsp3) is 1.00. The van der Waals surface area contributed by atoms with E-state index in [0.717, 1.165) is 6.42 Å². The van der Waals surface area contributed by atoms with E-state index in [2.05, 4.69) is 0 Å². The minimum Gasteiger partial charge on any atom is -0.229 e. The van der Waals surface area contributed by atoms with Crippen molar-refractivity contribution in [1.82, 2.24) is 0 Å². The SMILES string of the molecule is CC1CCS(=O)(=O)C1.CC1CS(=O)(=O)CC1C. The van der Waals surface area contributed by atoms with E-state index >= 15 is 0 Å². The first kappa shape index (κ1) is 15.0. The number of hydrogen-bond donors (Lipinski definition) is 0. The molecule has 0 bridgehead atoms. The van der Waals surface area contributed by atoms with Gasteiger partial charge in [0, 0.05) is 0 Å². The van der Waals surface area contributed by atoms with E-state index in [9.17, 15) is 16.8 Å². The third kappa shape index (κ3) is 4.95. The van der Waals surface area contributed by atoms with Crippen molar-refractivity contribution in [2.45, 2.75) is 27.2 Å². The zero-order valence-electron chi connectivity index (χ0n) is 10.7. The van der Waals surface area contributed by atoms with Gasteiger partial charge < -0.3 is 0 Å². The first-order valence-electron chi connectivity index (χ1n) is 6.02. The van der Waals surface area contributed by atoms with Crippen LogP contribution in [0, 0.1) is 17.8 Å². The summed E-state index contributed by atoms with van der Waals surface area (Å²) in [6, 6.07) is 0. The van der Waals surface area contributed by atoms with E-state index in [0.29, 0.717) is 40.8 Å². The van der Waals surface area contributed by atoms with Gasteiger partial charge >= 0.3 is 0 Å². The highest BCUT2D eigenvalue weighted by Crippen LogP contribution is 2.23. The minimum atomic E-state index is -2.64. The van der Waals surface area contributed by atoms with E-state index in [4.69, 9.17) is 0 Å². The van der Waals surface area contributed by atoms with Gasteiger partial charge in [0.2, 0.25) is 0 Å². The topological polar surface area (TPSA) is 68.3 Å². The molecule has 0 aromatic heterocycles. The number of sulfone groups is 2. The highest BCUT2D eigenvalue weighted by atomic mass is 32.2. The Morgan fingerprint density at radius 2 is 1.24 bits per heavy atom. The fourth-order valence-electron chi connectivity index (χ4n) is 2.18. The van der Waals surface area contributed by atoms with E-state index in [1.165, 1.54) is 0 Å². The molecule has 3 atom stereocenters. The maximum atomic E-state index is 10.9. The summed E-state index contributed by atoms with van der Waals surface area (Å²) in [6.45, 7) is 5.97. The van der Waals surface area contributed by atoms with Gasteiger partial charge in [0.25, 0.3) is 0 Å². The van der Waals surface area contributed by atoms with Crippen LogP contribution < -0.4 is 0 Å². The van der Waals surface area contributed by atoms with Crippen molar-refractivity contribution in [2.24, 2.45) is 17.8 Å². The second kappa shape index (κ2) is 5.26. The van der Waals surface area contributed by atoms with Crippen molar-refractivity contribution in [3.8, 4) is 0 Å². The molecule has 6 heteroatoms. The van der Waals surface area contributed by atoms with Crippen LogP contribution in [0.15, 0.2) is 0 Å². The number of rotatable bonds is 0. The van der Waals surface area contributed by atoms with Gasteiger partial charge in [-0.3, -0.25) is 0 Å². The van der Waals surface area contributed by atoms with Crippen LogP contribution >= 0.6 is 0 Å². The lowest BCUT2D eigenvalue weighted by atomic mass is 10.0. The number of hydrogen-bond acceptors (Lipinski definition) is 4. The van der Waals surface area contributed by atoms with Crippen LogP contribution in [-0.4, -0.2) is 39.8 Å². The normalized spacial score (nSPS) is 38.4. The second-order valence-electron chi connectivity index (χ2n) is 5.54. The van der Waals surface area contributed by atoms with Gasteiger partial charge in [-0.2, -0.15) is 0 Å². The molecule has 0 amide bonds. The van der Waals surface area contributed by atoms with Gasteiger partial charge in [0.1, 0.15) is 0 Å². The molecule has 0 spiro atoms. The summed E-state index contributed by atoms with van der Waals surface area (Å²) in [6.07, 6.45) is 0.863. The smallest absolute Gasteiger partial charge is 0.150 e. The van der Waals surface area contributed by atoms with Gasteiger partial charge in [-0.1, -0.05) is 20.8 Å². The molecule has 0 saturated carbocycles. The van der Waals surface area contributed by atoms with Gasteiger partial charge in [-0.05, 0) is 24.2 Å². The van der Waals surface area contributed by atoms with E-state index in [1.807, 2.05) is 20.8 Å². The lowest BCUT2D eigenvalue weighted by Gasteiger charge is -2.02. The molecule has 2 aliphatic rings. The summed E-state index contributed by atoms with van der Waals surface area (Å²) < 4.78 is 43.0. The Kier molecular flexibility index (Phi) is 4.63. The largest absolute Gasteiger partial charge is 0.229 e. The highest BCUT2D eigenvalue weighted by molar-refractivity contribution is 7.91. The van der Waals surface area contributed by atoms with Crippen molar-refractivity contribution >= 4 is 19.7 Å². The van der Waals surface area contributed by atoms with Crippen LogP contribution in [0.2, 0.25) is 0 Å². The zero-order valence-corrected chi connectivity index (χ0v) is 12.4. The standard InChI is InChI=1S/C6H12O2S.C5H10O2S/c1-5-3-9(7,8)4-6(5)2;1-5-2-3-8(6,7)4-5/h5-6H,3-4H2,1-2H3;5H,2-4H2,1H3. The lowest BCUT2D eigenvalue weighted by Crippen LogP contribution is -2.01. The Labute approximate surface area is 105 Å². The molecular weight excluding hydrogens is 260 g/mol. The quantitative estimate of drug-likeness (QED) is 0.668. The second-order valence-corrected chi connectivity index (χ2v) is 9.92. The molecule has 102 valence electrons. The molecule has 2 saturated heterocycles. The van der Waals surface area contributed by atoms with Crippen molar-refractivity contribution in [1.29, 1.82) is 0 Å². The van der Waals surface area contributed by atoms with E-state index in [-0.39, 0.29) is 0 Å². The molecule has 2 rings (SSSR count). The minimum absolute atomic E-state index is 0.370. The average Bonchev–Trinajstić information content (AvgIpc) is 2.53. The maximum Gasteiger partial charge on any atom is 0.150 e. The molecule has 3 unspecified atom stereocenters. The molecule has 0 aliphatic carbocycles. The molecule has 2 heterocycles. The first-order valence-corrected chi connectivity index (χ1v) is 9.66. The van der Waals surface area contributed by atoms with Gasteiger partial charge in [-0.25, -0.2) is 16.8 Å². The van der Waals surface area contributed by atoms with Crippen LogP contribution in [0.3, 0.4) is 0 Å². The molecule has 2 fully saturated rings. The third-order valence-electron chi connectivity index (χ3n) is 3.47. The van der Waals surface area contributed by atoms with Gasteiger partial charge in [-0.15, -0.1) is 0 Å². The summed E-state index contributed by atoms with van der Waals surface area (Å²) in [7, 11) is -5.24. The first-order chi connectivity index (χ1) is 7.61. The third-order valence-corrected chi connectivity index (χ3v) is 7.47. The Balaban J connectivity index is 0.000000171. The molecule has 4 nitrogen and oxygen atoms in total. The molecule has 0 aromatic rings. The summed E-state index contributed by atoms with van der Waals surface area (Å²) in [5, 5.41) is 0. The van der Waals surface area contributed by atoms with E-state index < -0.39 is 19.7 Å². The Bertz CT molecular complexity index is 434. The van der Waals surface area contributed by atoms with Crippen LogP contribution in [0.5, 0.6) is 0 Å². The monoisotopic (exact) mass is 282 g/mol. The predicted octanol–water partition coefficient (Wildman–Crippen LogP) is 1.13. The molecule has 0 N–H and O–H groups in total.